The van der Waals surface area contributed by atoms with Crippen LogP contribution in [0.3, 0.4) is 0 Å². The summed E-state index contributed by atoms with van der Waals surface area (Å²) < 4.78 is 2.51. The molecule has 0 aliphatic carbocycles. The number of hydrogen-bond donors (Lipinski definition) is 1. The van der Waals surface area contributed by atoms with Crippen LogP contribution in [0.4, 0.5) is 0 Å². The Hall–Kier alpha value is -1.91. The van der Waals surface area contributed by atoms with Crippen molar-refractivity contribution in [2.75, 3.05) is 0 Å². The van der Waals surface area contributed by atoms with E-state index >= 15 is 0 Å². The van der Waals surface area contributed by atoms with E-state index in [4.69, 9.17) is 4.98 Å². The molecule has 0 fully saturated rings. The van der Waals surface area contributed by atoms with E-state index in [1.807, 2.05) is 36.5 Å². The van der Waals surface area contributed by atoms with Crippen molar-refractivity contribution in [3.63, 3.8) is 0 Å². The second-order valence-corrected chi connectivity index (χ2v) is 14.3. The van der Waals surface area contributed by atoms with Crippen molar-refractivity contribution in [2.24, 2.45) is 0 Å². The smallest absolute Gasteiger partial charge is 0.171 e. The van der Waals surface area contributed by atoms with Crippen LogP contribution in [0.1, 0.15) is 58.8 Å². The molecule has 0 aliphatic rings. The first-order valence-corrected chi connectivity index (χ1v) is 12.2. The summed E-state index contributed by atoms with van der Waals surface area (Å²) >= 11 is 0. The molecule has 3 aromatic rings. The minimum atomic E-state index is -1.83. The minimum Gasteiger partial charge on any atom is -0.384 e. The maximum atomic E-state index is 10.7. The number of hydrogen-bond acceptors (Lipinski definition) is 2. The topological polar surface area (TPSA) is 38.0 Å². The van der Waals surface area contributed by atoms with Crippen LogP contribution in [-0.2, 0) is 0 Å². The van der Waals surface area contributed by atoms with Gasteiger partial charge in [-0.1, -0.05) is 71.9 Å². The molecule has 0 unspecified atom stereocenters. The molecule has 0 spiro atoms. The van der Waals surface area contributed by atoms with Crippen LogP contribution >= 0.6 is 0 Å². The third kappa shape index (κ3) is 3.25. The summed E-state index contributed by atoms with van der Waals surface area (Å²) in [6.45, 7) is 14.2. The second-order valence-electron chi connectivity index (χ2n) is 8.53. The monoisotopic (exact) mass is 380 g/mol. The predicted molar refractivity (Wildman–Crippen MR) is 117 cm³/mol. The molecular weight excluding hydrogens is 348 g/mol. The van der Waals surface area contributed by atoms with E-state index in [1.165, 1.54) is 0 Å². The van der Waals surface area contributed by atoms with Gasteiger partial charge in [0.1, 0.15) is 11.8 Å². The lowest BCUT2D eigenvalue weighted by molar-refractivity contribution is 0.220. The van der Waals surface area contributed by atoms with Crippen LogP contribution in [0.25, 0.3) is 11.0 Å². The summed E-state index contributed by atoms with van der Waals surface area (Å²) in [6, 6.07) is 14.0. The van der Waals surface area contributed by atoms with Crippen LogP contribution in [-0.4, -0.2) is 22.6 Å². The van der Waals surface area contributed by atoms with E-state index in [9.17, 15) is 5.11 Å². The third-order valence-electron chi connectivity index (χ3n) is 6.17. The van der Waals surface area contributed by atoms with Crippen molar-refractivity contribution in [1.29, 1.82) is 0 Å². The van der Waals surface area contributed by atoms with Gasteiger partial charge in [0, 0.05) is 17.1 Å². The molecule has 27 heavy (non-hydrogen) atoms. The Morgan fingerprint density at radius 2 is 1.44 bits per heavy atom. The first-order valence-electron chi connectivity index (χ1n) is 10.0. The normalized spacial score (nSPS) is 13.9. The van der Waals surface area contributed by atoms with Crippen molar-refractivity contribution in [2.45, 2.75) is 64.3 Å². The number of fused-ring (bicyclic) bond motifs is 1. The van der Waals surface area contributed by atoms with E-state index in [2.05, 4.69) is 64.1 Å². The average molecular weight is 381 g/mol. The molecule has 1 atom stereocenters. The van der Waals surface area contributed by atoms with Crippen LogP contribution in [0, 0.1) is 0 Å². The maximum Gasteiger partial charge on any atom is 0.171 e. The molecule has 1 aromatic carbocycles. The molecule has 1 N–H and O–H groups in total. The summed E-state index contributed by atoms with van der Waals surface area (Å²) in [5.41, 5.74) is 4.64. The van der Waals surface area contributed by atoms with Crippen LogP contribution in [0.15, 0.2) is 54.9 Å². The summed E-state index contributed by atoms with van der Waals surface area (Å²) in [4.78, 5) is 4.84. The second kappa shape index (κ2) is 7.61. The zero-order valence-corrected chi connectivity index (χ0v) is 18.3. The molecule has 0 radical (unpaired) electrons. The van der Waals surface area contributed by atoms with Gasteiger partial charge in [-0.15, -0.1) is 0 Å². The SMILES string of the molecule is CC(C)[Si](C(C)C)(C(C)C)n1ccc2cc([C@H](O)c3ccccc3)cnc21. The number of nitrogens with zero attached hydrogens (tertiary/aromatic N) is 2. The number of benzene rings is 1. The molecule has 2 aromatic heterocycles. The number of rotatable bonds is 6. The molecule has 0 bridgehead atoms. The quantitative estimate of drug-likeness (QED) is 0.521. The highest BCUT2D eigenvalue weighted by Gasteiger charge is 2.45. The van der Waals surface area contributed by atoms with Gasteiger partial charge < -0.3 is 9.34 Å². The van der Waals surface area contributed by atoms with Crippen molar-refractivity contribution in [1.82, 2.24) is 9.22 Å². The fourth-order valence-electron chi connectivity index (χ4n) is 5.17. The lowest BCUT2D eigenvalue weighted by atomic mass is 10.0. The Bertz CT molecular complexity index is 877. The summed E-state index contributed by atoms with van der Waals surface area (Å²) in [5, 5.41) is 11.9. The predicted octanol–water partition coefficient (Wildman–Crippen LogP) is 6.14. The number of pyridine rings is 1. The Labute approximate surface area is 164 Å². The van der Waals surface area contributed by atoms with Gasteiger partial charge in [0.2, 0.25) is 0 Å². The Kier molecular flexibility index (Phi) is 5.59. The fourth-order valence-corrected chi connectivity index (χ4v) is 11.7. The van der Waals surface area contributed by atoms with Gasteiger partial charge in [-0.2, -0.15) is 0 Å². The highest BCUT2D eigenvalue weighted by Crippen LogP contribution is 2.44. The van der Waals surface area contributed by atoms with Gasteiger partial charge in [0.25, 0.3) is 0 Å². The summed E-state index contributed by atoms with van der Waals surface area (Å²) in [7, 11) is -1.83. The number of aromatic nitrogens is 2. The Morgan fingerprint density at radius 3 is 2.00 bits per heavy atom. The van der Waals surface area contributed by atoms with Crippen LogP contribution in [0.2, 0.25) is 16.6 Å². The molecule has 0 aliphatic heterocycles. The molecule has 4 heteroatoms. The van der Waals surface area contributed by atoms with E-state index in [0.717, 1.165) is 22.2 Å². The van der Waals surface area contributed by atoms with Gasteiger partial charge in [-0.25, -0.2) is 4.98 Å². The van der Waals surface area contributed by atoms with Crippen LogP contribution < -0.4 is 0 Å². The summed E-state index contributed by atoms with van der Waals surface area (Å²) in [5.74, 6) is 0. The largest absolute Gasteiger partial charge is 0.384 e. The highest BCUT2D eigenvalue weighted by molar-refractivity contribution is 6.82. The van der Waals surface area contributed by atoms with E-state index in [1.54, 1.807) is 0 Å². The van der Waals surface area contributed by atoms with Crippen molar-refractivity contribution in [3.8, 4) is 0 Å². The molecule has 0 amide bonds. The van der Waals surface area contributed by atoms with Gasteiger partial charge >= 0.3 is 0 Å². The van der Waals surface area contributed by atoms with Crippen molar-refractivity contribution < 1.29 is 5.11 Å². The first kappa shape index (κ1) is 19.8. The van der Waals surface area contributed by atoms with Crippen molar-refractivity contribution >= 4 is 19.3 Å². The molecule has 0 saturated carbocycles. The summed E-state index contributed by atoms with van der Waals surface area (Å²) in [6.07, 6.45) is 3.44. The van der Waals surface area contributed by atoms with E-state index in [-0.39, 0.29) is 0 Å². The molecule has 2 heterocycles. The lowest BCUT2D eigenvalue weighted by Crippen LogP contribution is -2.51. The van der Waals surface area contributed by atoms with E-state index in [0.29, 0.717) is 16.6 Å². The van der Waals surface area contributed by atoms with E-state index < -0.39 is 14.3 Å². The van der Waals surface area contributed by atoms with Gasteiger partial charge in [-0.05, 0) is 40.5 Å². The Balaban J connectivity index is 2.10. The molecule has 144 valence electrons. The molecule has 0 saturated heterocycles. The minimum absolute atomic E-state index is 0.615. The average Bonchev–Trinajstić information content (AvgIpc) is 3.05. The lowest BCUT2D eigenvalue weighted by Gasteiger charge is -2.44. The zero-order chi connectivity index (χ0) is 19.8. The molecule has 3 nitrogen and oxygen atoms in total. The van der Waals surface area contributed by atoms with Gasteiger partial charge in [0.05, 0.1) is 0 Å². The third-order valence-corrected chi connectivity index (χ3v) is 12.9. The maximum absolute atomic E-state index is 10.7. The van der Waals surface area contributed by atoms with Gasteiger partial charge in [-0.3, -0.25) is 0 Å². The first-order chi connectivity index (χ1) is 12.8. The molecular formula is C23H32N2OSi. The number of aliphatic hydroxyl groups is 1. The van der Waals surface area contributed by atoms with Gasteiger partial charge in [0.15, 0.2) is 8.24 Å². The fraction of sp³-hybridized carbons (Fsp3) is 0.435. The molecule has 3 rings (SSSR count). The highest BCUT2D eigenvalue weighted by atomic mass is 28.3. The van der Waals surface area contributed by atoms with Crippen molar-refractivity contribution in [3.05, 3.63) is 66.0 Å². The standard InChI is InChI=1S/C23H32N2OSi/c1-16(2)27(17(3)4,18(5)6)25-13-12-20-14-21(15-24-23(20)25)22(26)19-10-8-7-9-11-19/h7-18,22,26H,1-6H3/t22-/m1/s1. The Morgan fingerprint density at radius 1 is 0.852 bits per heavy atom. The number of aliphatic hydroxyl groups excluding tert-OH is 1. The van der Waals surface area contributed by atoms with Crippen LogP contribution in [0.5, 0.6) is 0 Å². The zero-order valence-electron chi connectivity index (χ0n) is 17.3.